The molecule has 0 aromatic carbocycles. The van der Waals surface area contributed by atoms with Crippen LogP contribution in [0.25, 0.3) is 0 Å². The number of esters is 5. The summed E-state index contributed by atoms with van der Waals surface area (Å²) in [5, 5.41) is 25.0. The molecule has 0 aliphatic carbocycles. The fraction of sp³-hybridized carbons (Fsp3) is 0.776. The number of carbonyl (C=O) groups is 13. The second kappa shape index (κ2) is 65.9. The van der Waals surface area contributed by atoms with Gasteiger partial charge in [0.15, 0.2) is 60.7 Å². The molecule has 30 nitrogen and oxygen atoms in total. The number of Topliss-reactive ketones (excluding diaryl/α,β-unsaturated/α-hetero) is 3. The van der Waals surface area contributed by atoms with Gasteiger partial charge in [-0.15, -0.1) is 34.0 Å². The summed E-state index contributed by atoms with van der Waals surface area (Å²) in [4.78, 5) is 199. The number of nitrogens with zero attached hydrogens (tertiary/aromatic N) is 9. The van der Waals surface area contributed by atoms with Crippen molar-refractivity contribution in [3.63, 3.8) is 0 Å². The van der Waals surface area contributed by atoms with Crippen molar-refractivity contribution in [2.45, 2.75) is 370 Å². The fourth-order valence-electron chi connectivity index (χ4n) is 16.5. The van der Waals surface area contributed by atoms with Gasteiger partial charge in [0.25, 0.3) is 0 Å². The van der Waals surface area contributed by atoms with Crippen LogP contribution in [0.3, 0.4) is 0 Å². The van der Waals surface area contributed by atoms with E-state index in [1.165, 1.54) is 52.4 Å². The zero-order chi connectivity index (χ0) is 96.5. The predicted octanol–water partition coefficient (Wildman–Crippen LogP) is 18.8. The minimum absolute atomic E-state index is 0. The van der Waals surface area contributed by atoms with Gasteiger partial charge >= 0.3 is 76.4 Å². The van der Waals surface area contributed by atoms with Gasteiger partial charge in [-0.25, -0.2) is 29.3 Å². The molecular weight excluding hydrogens is 1850 g/mol. The molecule has 4 N–H and O–H groups in total. The van der Waals surface area contributed by atoms with Crippen molar-refractivity contribution >= 4 is 131 Å². The Morgan fingerprint density at radius 1 is 0.447 bits per heavy atom. The summed E-state index contributed by atoms with van der Waals surface area (Å²) in [5.74, 6) is -6.94. The number of piperidine rings is 3. The third-order valence-electron chi connectivity index (χ3n) is 24.9. The third kappa shape index (κ3) is 42.1. The van der Waals surface area contributed by atoms with Gasteiger partial charge in [0.05, 0.1) is 35.3 Å². The van der Waals surface area contributed by atoms with Gasteiger partial charge in [-0.05, 0) is 147 Å². The molecule has 3 fully saturated rings. The summed E-state index contributed by atoms with van der Waals surface area (Å²) in [6.45, 7) is 36.9. The molecule has 0 spiro atoms. The first-order valence-corrected chi connectivity index (χ1v) is 58.0. The number of carbonyl (C=O) groups excluding carboxylic acids is 11. The molecule has 3 aromatic heterocycles. The molecule has 757 valence electrons. The van der Waals surface area contributed by atoms with Gasteiger partial charge in [-0.2, -0.15) is 0 Å². The van der Waals surface area contributed by atoms with Crippen molar-refractivity contribution in [1.82, 2.24) is 44.4 Å². The van der Waals surface area contributed by atoms with Gasteiger partial charge in [0, 0.05) is 116 Å². The van der Waals surface area contributed by atoms with E-state index in [4.69, 9.17) is 23.7 Å². The maximum atomic E-state index is 14.5. The first-order chi connectivity index (χ1) is 60.4. The number of amides is 3. The Morgan fingerprint density at radius 2 is 0.720 bits per heavy atom. The monoisotopic (exact) mass is 2030 g/mol. The molecule has 15 atom stereocenters. The van der Waals surface area contributed by atoms with Crippen molar-refractivity contribution in [2.24, 2.45) is 53.3 Å². The number of ketones is 3. The van der Waals surface area contributed by atoms with Gasteiger partial charge in [-0.1, -0.05) is 179 Å². The molecule has 3 aliphatic rings. The van der Waals surface area contributed by atoms with Gasteiger partial charge in [0.1, 0.15) is 5.01 Å². The number of hydrogen-bond donors (Lipinski definition) is 2. The van der Waals surface area contributed by atoms with E-state index in [-0.39, 0.29) is 235 Å². The fourth-order valence-corrected chi connectivity index (χ4v) is 19.1. The van der Waals surface area contributed by atoms with Crippen LogP contribution in [0.15, 0.2) is 16.1 Å². The van der Waals surface area contributed by atoms with Crippen LogP contribution in [0.5, 0.6) is 0 Å². The zero-order valence-corrected chi connectivity index (χ0v) is 87.6. The first kappa shape index (κ1) is 127. The molecule has 3 unspecified atom stereocenters. The first-order valence-electron chi connectivity index (χ1n) is 46.8. The molecule has 6 rings (SSSR count). The van der Waals surface area contributed by atoms with Crippen molar-refractivity contribution in [1.29, 1.82) is 0 Å². The average Bonchev–Trinajstić information content (AvgIpc) is 1.09. The number of aromatic nitrogens is 3. The van der Waals surface area contributed by atoms with E-state index in [2.05, 4.69) is 44.5 Å². The molecule has 0 bridgehead atoms. The molecule has 3 amide bonds. The summed E-state index contributed by atoms with van der Waals surface area (Å²) >= 11 is 3.20. The molecular formula is C98H172N9O21S3Sn. The molecule has 132 heavy (non-hydrogen) atoms. The number of thiazole rings is 3. The number of aromatic carboxylic acids is 2. The van der Waals surface area contributed by atoms with E-state index >= 15 is 0 Å². The van der Waals surface area contributed by atoms with E-state index in [0.29, 0.717) is 48.5 Å². The summed E-state index contributed by atoms with van der Waals surface area (Å²) in [6.07, 6.45) is 14.1. The summed E-state index contributed by atoms with van der Waals surface area (Å²) < 4.78 is 27.2. The van der Waals surface area contributed by atoms with Crippen LogP contribution in [0.4, 0.5) is 0 Å². The van der Waals surface area contributed by atoms with E-state index in [9.17, 15) is 72.5 Å². The van der Waals surface area contributed by atoms with Crippen LogP contribution >= 0.6 is 34.0 Å². The van der Waals surface area contributed by atoms with E-state index in [1.54, 1.807) is 15.2 Å². The van der Waals surface area contributed by atoms with E-state index < -0.39 is 79.5 Å². The van der Waals surface area contributed by atoms with E-state index in [0.717, 1.165) is 107 Å². The average molecular weight is 2030 g/mol. The standard InChI is InChI=1S/C31H49N3O8S.C31H51N3O6S.C30H49N3O6S.3CH4.3CH3.H2O.Sn/c1-8-12-28(37)41-18-34(30(38)22(20(5)9-2)15-26(36)24-13-10-11-14-33(24)7)25(19(3)4)16-27(42-21(6)35)29-32-23(17-43-29)31(39)40;1-9-13-28(36)40-19-34(26(20(3)4)16-22(6)29-32-24(18-41-29)31(38)39-8)30(37)23(21(5)10-2)17-27(35)25-14-11-12-15-33(25)7;1-8-12-27(35)39-18-33(25(19(3)4)15-21(6)28-31-23(17-40-28)30(37)38)29(36)22(20(5)9-2)16-26(34)24-13-10-11-14-32(24)7;;;;;;;;/h17,19-20,22,24-25,27H,8-16,18H2,1-7H3,(H,39,40);18,20-23,25-26H,9-17,19H2,1-8H3;17,19-22,24-25H,8-16,18H2,1-7H3,(H,37,38);3*1H4;3*1H3;1H2;/t20-,22+,24?,25+,27+;21-,22+,23+,25?,26+;20-,21+,22+,24?,25+;;;;;;;;/m000......../s1. The summed E-state index contributed by atoms with van der Waals surface area (Å²) in [7, 11) is 7.24. The number of carboxylic acids is 2. The molecule has 0 saturated carbocycles. The number of carboxylic acid groups (broad SMARTS) is 2. The Morgan fingerprint density at radius 3 is 0.970 bits per heavy atom. The van der Waals surface area contributed by atoms with Crippen LogP contribution in [0.1, 0.15) is 365 Å². The number of rotatable bonds is 49. The van der Waals surface area contributed by atoms with Crippen molar-refractivity contribution in [3.8, 4) is 0 Å². The molecule has 3 saturated heterocycles. The predicted molar refractivity (Wildman–Crippen MR) is 526 cm³/mol. The number of likely N-dealkylation sites (N-methyl/N-ethyl adjacent to an activating group) is 3. The second-order valence-electron chi connectivity index (χ2n) is 36.9. The van der Waals surface area contributed by atoms with Crippen LogP contribution in [0.2, 0.25) is 14.8 Å². The van der Waals surface area contributed by atoms with Crippen LogP contribution < -0.4 is 0 Å². The SMILES string of the molecule is C.C.C.CCCC(=O)OCN(C(=O)[C@H](CC(=O)C1CCCCN1C)[C@@H](C)CC)[C@H](C[C@@H](C)c1nc(C(=O)O)cs1)C(C)C.CCCC(=O)OCN(C(=O)[C@H](CC(=O)C1CCCCN1C)[C@@H](C)CC)[C@H](C[C@@H](C)c1nc(C(=O)OC)cs1)C(C)C.CCCC(=O)OCN(C(=O)[C@H](CC(=O)C1CCCCN1C)[C@@H](C)CC)[C@H](C[C@@H](OC(C)=O)c1nc(C(=O)O)cs1)C(C)C.O.[CH3][Sn]([CH3])[CH3]. The minimum atomic E-state index is -1.20. The molecule has 3 aromatic rings. The Balaban J connectivity index is 0. The number of methoxy groups -OCH3 is 1. The zero-order valence-electron chi connectivity index (χ0n) is 82.3. The Hall–Kier alpha value is -6.76. The molecule has 6 heterocycles. The quantitative estimate of drug-likeness (QED) is 0.0229. The molecule has 1 radical (unpaired) electrons. The number of ether oxygens (including phenoxy) is 5. The Labute approximate surface area is 810 Å². The Bertz CT molecular complexity index is 3950. The second-order valence-corrected chi connectivity index (χ2v) is 48.2. The number of likely N-dealkylation sites (tertiary alicyclic amines) is 3. The van der Waals surface area contributed by atoms with Crippen molar-refractivity contribution in [3.05, 3.63) is 48.2 Å². The maximum absolute atomic E-state index is 14.5. The summed E-state index contributed by atoms with van der Waals surface area (Å²) in [6, 6.07) is -1.70. The van der Waals surface area contributed by atoms with Crippen LogP contribution in [-0.2, 0) is 71.6 Å². The van der Waals surface area contributed by atoms with Crippen molar-refractivity contribution < 1.29 is 102 Å². The number of hydrogen-bond acceptors (Lipinski definition) is 27. The summed E-state index contributed by atoms with van der Waals surface area (Å²) in [5.41, 5.74) is 0.116. The van der Waals surface area contributed by atoms with Crippen LogP contribution in [-0.4, -0.2) is 261 Å². The normalized spacial score (nSPS) is 17.9. The Kier molecular flexibility index (Phi) is 63.5. The van der Waals surface area contributed by atoms with Gasteiger partial charge < -0.3 is 54.1 Å². The topological polar surface area (TPSA) is 398 Å². The van der Waals surface area contributed by atoms with Crippen molar-refractivity contribution in [2.75, 3.05) is 68.1 Å². The van der Waals surface area contributed by atoms with E-state index in [1.807, 2.05) is 139 Å². The van der Waals surface area contributed by atoms with Gasteiger partial charge in [0.2, 0.25) is 17.7 Å². The molecule has 34 heteroatoms. The third-order valence-corrected chi connectivity index (χ3v) is 28.0. The molecule has 3 aliphatic heterocycles. The van der Waals surface area contributed by atoms with Gasteiger partial charge in [-0.3, -0.25) is 62.6 Å². The van der Waals surface area contributed by atoms with Crippen LogP contribution in [0, 0.1) is 53.3 Å².